The maximum Gasteiger partial charge on any atom is 0.243 e. The van der Waals surface area contributed by atoms with Crippen molar-refractivity contribution in [2.75, 3.05) is 6.54 Å². The van der Waals surface area contributed by atoms with Gasteiger partial charge in [-0.15, -0.1) is 0 Å². The van der Waals surface area contributed by atoms with Crippen molar-refractivity contribution in [3.05, 3.63) is 34.3 Å². The van der Waals surface area contributed by atoms with E-state index in [1.807, 2.05) is 0 Å². The van der Waals surface area contributed by atoms with E-state index in [0.717, 1.165) is 18.5 Å². The Morgan fingerprint density at radius 1 is 1.13 bits per heavy atom. The Hall–Kier alpha value is -1.29. The van der Waals surface area contributed by atoms with Gasteiger partial charge in [0, 0.05) is 12.6 Å². The number of carbonyl (C=O) groups is 1. The van der Waals surface area contributed by atoms with Gasteiger partial charge < -0.3 is 10.4 Å². The van der Waals surface area contributed by atoms with Gasteiger partial charge in [0.15, 0.2) is 0 Å². The highest BCUT2D eigenvalue weighted by Gasteiger charge is 1.99. The first-order chi connectivity index (χ1) is 11.1. The van der Waals surface area contributed by atoms with Crippen LogP contribution in [-0.2, 0) is 4.79 Å². The Labute approximate surface area is 148 Å². The number of phenolic OH excluding ortho intramolecular Hbond substituents is 1. The van der Waals surface area contributed by atoms with E-state index in [2.05, 4.69) is 28.2 Å². The molecule has 0 aliphatic heterocycles. The molecule has 0 aliphatic carbocycles. The fourth-order valence-electron chi connectivity index (χ4n) is 2.33. The molecule has 4 heteroatoms. The van der Waals surface area contributed by atoms with Crippen molar-refractivity contribution in [2.24, 2.45) is 0 Å². The summed E-state index contributed by atoms with van der Waals surface area (Å²) in [5, 5.41) is 12.3. The van der Waals surface area contributed by atoms with Crippen molar-refractivity contribution in [2.45, 2.75) is 58.3 Å². The summed E-state index contributed by atoms with van der Waals surface area (Å²) in [5.41, 5.74) is 0.872. The van der Waals surface area contributed by atoms with Crippen LogP contribution in [0.5, 0.6) is 5.75 Å². The normalized spacial score (nSPS) is 11.0. The lowest BCUT2D eigenvalue weighted by Crippen LogP contribution is -2.21. The summed E-state index contributed by atoms with van der Waals surface area (Å²) in [6, 6.07) is 5.14. The van der Waals surface area contributed by atoms with Crippen LogP contribution in [0.25, 0.3) is 6.08 Å². The first-order valence-electron chi connectivity index (χ1n) is 8.58. The molecule has 0 radical (unpaired) electrons. The predicted octanol–water partition coefficient (Wildman–Crippen LogP) is 5.42. The zero-order chi connectivity index (χ0) is 16.9. The first-order valence-corrected chi connectivity index (χ1v) is 9.37. The van der Waals surface area contributed by atoms with Crippen molar-refractivity contribution in [3.63, 3.8) is 0 Å². The molecule has 1 aromatic carbocycles. The van der Waals surface area contributed by atoms with Crippen LogP contribution >= 0.6 is 15.9 Å². The maximum atomic E-state index is 11.7. The first kappa shape index (κ1) is 19.8. The zero-order valence-electron chi connectivity index (χ0n) is 14.0. The number of hydrogen-bond donors (Lipinski definition) is 2. The van der Waals surface area contributed by atoms with Crippen LogP contribution in [0.4, 0.5) is 0 Å². The molecule has 2 N–H and O–H groups in total. The third-order valence-corrected chi connectivity index (χ3v) is 4.36. The second kappa shape index (κ2) is 12.2. The molecule has 0 aliphatic rings. The van der Waals surface area contributed by atoms with Crippen LogP contribution in [0.15, 0.2) is 28.7 Å². The molecule has 23 heavy (non-hydrogen) atoms. The van der Waals surface area contributed by atoms with Gasteiger partial charge in [-0.2, -0.15) is 0 Å². The minimum absolute atomic E-state index is 0.0721. The number of benzene rings is 1. The Kier molecular flexibility index (Phi) is 10.5. The SMILES string of the molecule is CCCCCCCCCCNC(=O)/C=C/c1ccc(O)c(Br)c1. The second-order valence-electron chi connectivity index (χ2n) is 5.81. The van der Waals surface area contributed by atoms with Gasteiger partial charge in [-0.3, -0.25) is 4.79 Å². The molecular weight excluding hydrogens is 354 g/mol. The fraction of sp³-hybridized carbons (Fsp3) is 0.526. The summed E-state index contributed by atoms with van der Waals surface area (Å²) >= 11 is 3.25. The number of carbonyl (C=O) groups excluding carboxylic acids is 1. The molecule has 0 spiro atoms. The number of hydrogen-bond acceptors (Lipinski definition) is 2. The second-order valence-corrected chi connectivity index (χ2v) is 6.66. The molecule has 0 bridgehead atoms. The zero-order valence-corrected chi connectivity index (χ0v) is 15.6. The van der Waals surface area contributed by atoms with Crippen LogP contribution in [0.1, 0.15) is 63.9 Å². The van der Waals surface area contributed by atoms with Crippen molar-refractivity contribution >= 4 is 27.9 Å². The molecule has 0 saturated carbocycles. The highest BCUT2D eigenvalue weighted by atomic mass is 79.9. The lowest BCUT2D eigenvalue weighted by Gasteiger charge is -2.03. The molecule has 3 nitrogen and oxygen atoms in total. The summed E-state index contributed by atoms with van der Waals surface area (Å²) < 4.78 is 0.624. The van der Waals surface area contributed by atoms with E-state index in [-0.39, 0.29) is 11.7 Å². The van der Waals surface area contributed by atoms with Crippen molar-refractivity contribution in [3.8, 4) is 5.75 Å². The van der Waals surface area contributed by atoms with Gasteiger partial charge in [-0.25, -0.2) is 0 Å². The molecule has 0 saturated heterocycles. The Morgan fingerprint density at radius 3 is 2.43 bits per heavy atom. The number of nitrogens with one attached hydrogen (secondary N) is 1. The lowest BCUT2D eigenvalue weighted by molar-refractivity contribution is -0.116. The average molecular weight is 382 g/mol. The number of unbranched alkanes of at least 4 members (excludes halogenated alkanes) is 7. The minimum atomic E-state index is -0.0721. The largest absolute Gasteiger partial charge is 0.507 e. The molecular formula is C19H28BrNO2. The summed E-state index contributed by atoms with van der Waals surface area (Å²) in [6.07, 6.45) is 13.4. The van der Waals surface area contributed by atoms with E-state index < -0.39 is 0 Å². The van der Waals surface area contributed by atoms with Crippen LogP contribution < -0.4 is 5.32 Å². The van der Waals surface area contributed by atoms with Crippen LogP contribution in [0, 0.1) is 0 Å². The van der Waals surface area contributed by atoms with E-state index in [9.17, 15) is 9.90 Å². The molecule has 0 heterocycles. The molecule has 1 amide bonds. The number of aromatic hydroxyl groups is 1. The van der Waals surface area contributed by atoms with E-state index in [1.165, 1.54) is 51.0 Å². The van der Waals surface area contributed by atoms with Crippen LogP contribution in [0.3, 0.4) is 0 Å². The van der Waals surface area contributed by atoms with Gasteiger partial charge in [0.2, 0.25) is 5.91 Å². The molecule has 0 aromatic heterocycles. The summed E-state index contributed by atoms with van der Waals surface area (Å²) in [7, 11) is 0. The number of phenols is 1. The fourth-order valence-corrected chi connectivity index (χ4v) is 2.72. The third-order valence-electron chi connectivity index (χ3n) is 3.73. The Morgan fingerprint density at radius 2 is 1.78 bits per heavy atom. The summed E-state index contributed by atoms with van der Waals surface area (Å²) in [6.45, 7) is 2.97. The van der Waals surface area contributed by atoms with Crippen LogP contribution in [0.2, 0.25) is 0 Å². The topological polar surface area (TPSA) is 49.3 Å². The molecule has 0 atom stereocenters. The molecule has 0 fully saturated rings. The monoisotopic (exact) mass is 381 g/mol. The quantitative estimate of drug-likeness (QED) is 0.396. The van der Waals surface area contributed by atoms with E-state index >= 15 is 0 Å². The third kappa shape index (κ3) is 9.44. The maximum absolute atomic E-state index is 11.7. The number of amides is 1. The van der Waals surface area contributed by atoms with Gasteiger partial charge >= 0.3 is 0 Å². The summed E-state index contributed by atoms with van der Waals surface area (Å²) in [4.78, 5) is 11.7. The van der Waals surface area contributed by atoms with Gasteiger partial charge in [0.05, 0.1) is 4.47 Å². The van der Waals surface area contributed by atoms with E-state index in [4.69, 9.17) is 0 Å². The molecule has 128 valence electrons. The summed E-state index contributed by atoms with van der Waals surface area (Å²) in [5.74, 6) is 0.124. The van der Waals surface area contributed by atoms with Gasteiger partial charge in [0.1, 0.15) is 5.75 Å². The number of rotatable bonds is 11. The van der Waals surface area contributed by atoms with Gasteiger partial charge in [0.25, 0.3) is 0 Å². The van der Waals surface area contributed by atoms with Crippen LogP contribution in [-0.4, -0.2) is 17.6 Å². The molecule has 0 unspecified atom stereocenters. The highest BCUT2D eigenvalue weighted by Crippen LogP contribution is 2.24. The molecule has 1 aromatic rings. The van der Waals surface area contributed by atoms with Crippen molar-refractivity contribution in [1.29, 1.82) is 0 Å². The van der Waals surface area contributed by atoms with E-state index in [0.29, 0.717) is 4.47 Å². The smallest absolute Gasteiger partial charge is 0.243 e. The van der Waals surface area contributed by atoms with E-state index in [1.54, 1.807) is 24.3 Å². The Bertz CT molecular complexity index is 500. The minimum Gasteiger partial charge on any atom is -0.507 e. The van der Waals surface area contributed by atoms with Gasteiger partial charge in [-0.1, -0.05) is 57.9 Å². The number of halogens is 1. The van der Waals surface area contributed by atoms with Gasteiger partial charge in [-0.05, 0) is 46.1 Å². The standard InChI is InChI=1S/C19H28BrNO2/c1-2-3-4-5-6-7-8-9-14-21-19(23)13-11-16-10-12-18(22)17(20)15-16/h10-13,15,22H,2-9,14H2,1H3,(H,21,23)/b13-11+. The lowest BCUT2D eigenvalue weighted by atomic mass is 10.1. The van der Waals surface area contributed by atoms with Crippen molar-refractivity contribution in [1.82, 2.24) is 5.32 Å². The predicted molar refractivity (Wildman–Crippen MR) is 100 cm³/mol. The average Bonchev–Trinajstić information content (AvgIpc) is 2.54. The highest BCUT2D eigenvalue weighted by molar-refractivity contribution is 9.10. The van der Waals surface area contributed by atoms with Crippen molar-refractivity contribution < 1.29 is 9.90 Å². The molecule has 1 rings (SSSR count). The Balaban J connectivity index is 2.10.